The van der Waals surface area contributed by atoms with E-state index in [1.807, 2.05) is 12.1 Å². The van der Waals surface area contributed by atoms with Crippen molar-refractivity contribution in [1.29, 1.82) is 0 Å². The second-order valence-corrected chi connectivity index (χ2v) is 3.50. The zero-order chi connectivity index (χ0) is 11.0. The van der Waals surface area contributed by atoms with Crippen molar-refractivity contribution in [3.05, 3.63) is 54.3 Å². The van der Waals surface area contributed by atoms with Gasteiger partial charge in [0.15, 0.2) is 0 Å². The van der Waals surface area contributed by atoms with Gasteiger partial charge in [-0.15, -0.1) is 0 Å². The highest BCUT2D eigenvalue weighted by Gasteiger charge is 2.08. The van der Waals surface area contributed by atoms with Crippen LogP contribution in [0.5, 0.6) is 0 Å². The van der Waals surface area contributed by atoms with Crippen LogP contribution in [-0.2, 0) is 0 Å². The lowest BCUT2D eigenvalue weighted by Gasteiger charge is -1.96. The van der Waals surface area contributed by atoms with Crippen LogP contribution in [0.25, 0.3) is 22.4 Å². The van der Waals surface area contributed by atoms with E-state index in [-0.39, 0.29) is 5.82 Å². The Balaban J connectivity index is 2.23. The predicted octanol–water partition coefficient (Wildman–Crippen LogP) is 3.17. The summed E-state index contributed by atoms with van der Waals surface area (Å²) in [6.45, 7) is 0. The van der Waals surface area contributed by atoms with Gasteiger partial charge in [0.05, 0.1) is 16.6 Å². The number of nitrogens with zero attached hydrogens (tertiary/aromatic N) is 1. The number of nitrogens with one attached hydrogen (secondary N) is 1. The molecule has 1 radical (unpaired) electrons. The van der Waals surface area contributed by atoms with E-state index in [1.54, 1.807) is 24.3 Å². The van der Waals surface area contributed by atoms with Crippen molar-refractivity contribution in [2.75, 3.05) is 0 Å². The fraction of sp³-hybridized carbons (Fsp3) is 0. The molecule has 0 bridgehead atoms. The van der Waals surface area contributed by atoms with Gasteiger partial charge in [-0.25, -0.2) is 9.37 Å². The second-order valence-electron chi connectivity index (χ2n) is 3.50. The SMILES string of the molecule is Fc1ccccc1-c1nc2[c]cccc2[nH]1. The maximum absolute atomic E-state index is 13.5. The Bertz CT molecular complexity index is 610. The minimum atomic E-state index is -0.276. The number of hydrogen-bond acceptors (Lipinski definition) is 1. The molecule has 0 fully saturated rings. The Morgan fingerprint density at radius 2 is 2.00 bits per heavy atom. The van der Waals surface area contributed by atoms with Crippen LogP contribution in [0.3, 0.4) is 0 Å². The van der Waals surface area contributed by atoms with Gasteiger partial charge in [0.25, 0.3) is 0 Å². The number of rotatable bonds is 1. The molecule has 1 aromatic heterocycles. The Kier molecular flexibility index (Phi) is 1.96. The highest BCUT2D eigenvalue weighted by atomic mass is 19.1. The van der Waals surface area contributed by atoms with E-state index in [9.17, 15) is 4.39 Å². The standard InChI is InChI=1S/C13H8FN2/c14-10-6-2-1-5-9(10)13-15-11-7-3-4-8-12(11)16-13/h1-7H,(H,15,16). The molecule has 0 amide bonds. The van der Waals surface area contributed by atoms with Crippen molar-refractivity contribution < 1.29 is 4.39 Å². The van der Waals surface area contributed by atoms with Crippen LogP contribution in [0.2, 0.25) is 0 Å². The number of aromatic amines is 1. The van der Waals surface area contributed by atoms with Gasteiger partial charge in [-0.1, -0.05) is 24.3 Å². The Morgan fingerprint density at radius 1 is 1.12 bits per heavy atom. The Labute approximate surface area is 91.8 Å². The fourth-order valence-corrected chi connectivity index (χ4v) is 1.67. The van der Waals surface area contributed by atoms with Crippen molar-refractivity contribution in [2.45, 2.75) is 0 Å². The first-order chi connectivity index (χ1) is 7.84. The highest BCUT2D eigenvalue weighted by Crippen LogP contribution is 2.22. The van der Waals surface area contributed by atoms with Crippen LogP contribution in [0.1, 0.15) is 0 Å². The lowest BCUT2D eigenvalue weighted by Crippen LogP contribution is -1.84. The van der Waals surface area contributed by atoms with Gasteiger partial charge in [-0.2, -0.15) is 0 Å². The van der Waals surface area contributed by atoms with Crippen molar-refractivity contribution in [1.82, 2.24) is 9.97 Å². The average Bonchev–Trinajstić information content (AvgIpc) is 2.73. The lowest BCUT2D eigenvalue weighted by atomic mass is 10.2. The first-order valence-corrected chi connectivity index (χ1v) is 4.96. The summed E-state index contributed by atoms with van der Waals surface area (Å²) < 4.78 is 13.5. The van der Waals surface area contributed by atoms with Gasteiger partial charge in [-0.3, -0.25) is 0 Å². The molecule has 77 valence electrons. The van der Waals surface area contributed by atoms with E-state index in [1.165, 1.54) is 6.07 Å². The summed E-state index contributed by atoms with van der Waals surface area (Å²) >= 11 is 0. The topological polar surface area (TPSA) is 28.7 Å². The van der Waals surface area contributed by atoms with E-state index in [4.69, 9.17) is 0 Å². The summed E-state index contributed by atoms with van der Waals surface area (Å²) in [6, 6.07) is 15.1. The van der Waals surface area contributed by atoms with Gasteiger partial charge in [0.2, 0.25) is 0 Å². The quantitative estimate of drug-likeness (QED) is 0.658. The second kappa shape index (κ2) is 3.45. The summed E-state index contributed by atoms with van der Waals surface area (Å²) in [7, 11) is 0. The molecule has 0 unspecified atom stereocenters. The molecule has 0 aliphatic heterocycles. The van der Waals surface area contributed by atoms with Gasteiger partial charge < -0.3 is 4.98 Å². The maximum Gasteiger partial charge on any atom is 0.141 e. The maximum atomic E-state index is 13.5. The molecule has 1 N–H and O–H groups in total. The van der Waals surface area contributed by atoms with Crippen LogP contribution in [0.15, 0.2) is 42.5 Å². The third kappa shape index (κ3) is 1.37. The summed E-state index contributed by atoms with van der Waals surface area (Å²) in [6.07, 6.45) is 0. The lowest BCUT2D eigenvalue weighted by molar-refractivity contribution is 0.630. The number of hydrogen-bond donors (Lipinski definition) is 1. The summed E-state index contributed by atoms with van der Waals surface area (Å²) in [5, 5.41) is 0. The van der Waals surface area contributed by atoms with E-state index in [0.717, 1.165) is 11.0 Å². The number of H-pyrrole nitrogens is 1. The molecule has 16 heavy (non-hydrogen) atoms. The van der Waals surface area contributed by atoms with E-state index in [2.05, 4.69) is 16.0 Å². The van der Waals surface area contributed by atoms with Crippen molar-refractivity contribution >= 4 is 11.0 Å². The minimum absolute atomic E-state index is 0.276. The van der Waals surface area contributed by atoms with Gasteiger partial charge >= 0.3 is 0 Å². The van der Waals surface area contributed by atoms with Crippen LogP contribution in [-0.4, -0.2) is 9.97 Å². The molecule has 1 heterocycles. The zero-order valence-electron chi connectivity index (χ0n) is 8.37. The summed E-state index contributed by atoms with van der Waals surface area (Å²) in [4.78, 5) is 7.36. The molecular weight excluding hydrogens is 203 g/mol. The van der Waals surface area contributed by atoms with Crippen molar-refractivity contribution in [2.24, 2.45) is 0 Å². The first-order valence-electron chi connectivity index (χ1n) is 4.96. The van der Waals surface area contributed by atoms with E-state index in [0.29, 0.717) is 11.4 Å². The van der Waals surface area contributed by atoms with Crippen LogP contribution in [0.4, 0.5) is 4.39 Å². The summed E-state index contributed by atoms with van der Waals surface area (Å²) in [5.74, 6) is 0.261. The van der Waals surface area contributed by atoms with E-state index < -0.39 is 0 Å². The number of para-hydroxylation sites is 1. The minimum Gasteiger partial charge on any atom is -0.338 e. The molecule has 0 aliphatic carbocycles. The molecule has 3 heteroatoms. The number of benzene rings is 2. The monoisotopic (exact) mass is 211 g/mol. The highest BCUT2D eigenvalue weighted by molar-refractivity contribution is 5.78. The summed E-state index contributed by atoms with van der Waals surface area (Å²) in [5.41, 5.74) is 2.06. The van der Waals surface area contributed by atoms with Crippen LogP contribution >= 0.6 is 0 Å². The average molecular weight is 211 g/mol. The van der Waals surface area contributed by atoms with Crippen LogP contribution in [0, 0.1) is 11.9 Å². The number of halogens is 1. The molecule has 3 aromatic rings. The van der Waals surface area contributed by atoms with Crippen molar-refractivity contribution in [3.63, 3.8) is 0 Å². The largest absolute Gasteiger partial charge is 0.338 e. The molecule has 0 spiro atoms. The van der Waals surface area contributed by atoms with Gasteiger partial charge in [0.1, 0.15) is 11.6 Å². The molecule has 0 saturated carbocycles. The van der Waals surface area contributed by atoms with Gasteiger partial charge in [0, 0.05) is 6.07 Å². The molecule has 0 atom stereocenters. The van der Waals surface area contributed by atoms with Gasteiger partial charge in [-0.05, 0) is 18.2 Å². The number of aromatic nitrogens is 2. The third-order valence-electron chi connectivity index (χ3n) is 2.44. The zero-order valence-corrected chi connectivity index (χ0v) is 8.37. The molecule has 0 aliphatic rings. The predicted molar refractivity (Wildman–Crippen MR) is 60.3 cm³/mol. The molecule has 0 saturated heterocycles. The van der Waals surface area contributed by atoms with E-state index >= 15 is 0 Å². The van der Waals surface area contributed by atoms with Crippen molar-refractivity contribution in [3.8, 4) is 11.4 Å². The first kappa shape index (κ1) is 9.09. The molecular formula is C13H8FN2. The molecule has 2 nitrogen and oxygen atoms in total. The smallest absolute Gasteiger partial charge is 0.141 e. The molecule has 3 rings (SSSR count). The Morgan fingerprint density at radius 3 is 2.81 bits per heavy atom. The third-order valence-corrected chi connectivity index (χ3v) is 2.44. The molecule has 2 aromatic carbocycles. The fourth-order valence-electron chi connectivity index (χ4n) is 1.67. The Hall–Kier alpha value is -2.16. The number of fused-ring (bicyclic) bond motifs is 1. The van der Waals surface area contributed by atoms with Crippen LogP contribution < -0.4 is 0 Å². The normalized spacial score (nSPS) is 10.8. The number of imidazole rings is 1.